The zero-order chi connectivity index (χ0) is 21.0. The lowest BCUT2D eigenvalue weighted by atomic mass is 10.0. The van der Waals surface area contributed by atoms with Crippen molar-refractivity contribution in [1.29, 1.82) is 0 Å². The summed E-state index contributed by atoms with van der Waals surface area (Å²) in [5.74, 6) is 0.468. The normalized spacial score (nSPS) is 16.4. The van der Waals surface area contributed by atoms with Gasteiger partial charge in [-0.3, -0.25) is 0 Å². The molecule has 0 N–H and O–H groups in total. The Morgan fingerprint density at radius 3 is 2.41 bits per heavy atom. The van der Waals surface area contributed by atoms with Crippen LogP contribution in [0.2, 0.25) is 0 Å². The van der Waals surface area contributed by atoms with Crippen molar-refractivity contribution in [1.82, 2.24) is 15.0 Å². The minimum Gasteiger partial charge on any atom is -0.433 e. The summed E-state index contributed by atoms with van der Waals surface area (Å²) in [6.07, 6.45) is -8.32. The first-order valence-corrected chi connectivity index (χ1v) is 9.59. The zero-order valence-corrected chi connectivity index (χ0v) is 15.7. The van der Waals surface area contributed by atoms with Crippen LogP contribution in [-0.4, -0.2) is 26.9 Å². The number of thioether (sulfide) groups is 1. The van der Waals surface area contributed by atoms with E-state index < -0.39 is 23.5 Å². The lowest BCUT2D eigenvalue weighted by Crippen LogP contribution is -2.29. The van der Waals surface area contributed by atoms with Gasteiger partial charge in [-0.15, -0.1) is 11.8 Å². The van der Waals surface area contributed by atoms with Gasteiger partial charge in [0, 0.05) is 4.90 Å². The second kappa shape index (κ2) is 6.61. The highest BCUT2D eigenvalue weighted by Gasteiger charge is 2.65. The van der Waals surface area contributed by atoms with Crippen LogP contribution in [0.15, 0.2) is 33.7 Å². The molecule has 3 aromatic heterocycles. The number of aromatic nitrogens is 3. The molecule has 0 amide bonds. The summed E-state index contributed by atoms with van der Waals surface area (Å²) in [5, 5.41) is 0. The average molecular weight is 433 g/mol. The molecule has 1 saturated carbocycles. The van der Waals surface area contributed by atoms with Crippen LogP contribution < -0.4 is 0 Å². The summed E-state index contributed by atoms with van der Waals surface area (Å²) in [5.41, 5.74) is -3.30. The van der Waals surface area contributed by atoms with Crippen LogP contribution >= 0.6 is 11.8 Å². The Morgan fingerprint density at radius 2 is 1.83 bits per heavy atom. The smallest absolute Gasteiger partial charge is 0.433 e. The third-order valence-electron chi connectivity index (χ3n) is 4.71. The van der Waals surface area contributed by atoms with Gasteiger partial charge in [0.05, 0.1) is 11.9 Å². The lowest BCUT2D eigenvalue weighted by molar-refractivity contribution is -0.161. The molecule has 0 atom stereocenters. The first kappa shape index (κ1) is 20.0. The Morgan fingerprint density at radius 1 is 1.10 bits per heavy atom. The molecule has 3 aromatic rings. The third-order valence-corrected chi connectivity index (χ3v) is 5.64. The minimum absolute atomic E-state index is 0.00962. The van der Waals surface area contributed by atoms with Gasteiger partial charge in [0.2, 0.25) is 5.89 Å². The third kappa shape index (κ3) is 3.45. The summed E-state index contributed by atoms with van der Waals surface area (Å²) in [6, 6.07) is 3.59. The zero-order valence-electron chi connectivity index (χ0n) is 14.9. The quantitative estimate of drug-likeness (QED) is 0.373. The van der Waals surface area contributed by atoms with E-state index in [0.717, 1.165) is 12.3 Å². The molecule has 3 heterocycles. The van der Waals surface area contributed by atoms with Gasteiger partial charge >= 0.3 is 12.4 Å². The van der Waals surface area contributed by atoms with Crippen molar-refractivity contribution < 1.29 is 30.8 Å². The van der Waals surface area contributed by atoms with Crippen LogP contribution in [0.1, 0.15) is 31.2 Å². The molecule has 0 aliphatic heterocycles. The van der Waals surface area contributed by atoms with Crippen LogP contribution in [0.5, 0.6) is 0 Å². The monoisotopic (exact) mass is 433 g/mol. The van der Waals surface area contributed by atoms with E-state index in [0.29, 0.717) is 10.6 Å². The van der Waals surface area contributed by atoms with E-state index in [1.54, 1.807) is 0 Å². The number of fused-ring (bicyclic) bond motifs is 1. The van der Waals surface area contributed by atoms with Gasteiger partial charge in [-0.25, -0.2) is 15.0 Å². The molecule has 4 rings (SSSR count). The highest BCUT2D eigenvalue weighted by Crippen LogP contribution is 2.58. The largest absolute Gasteiger partial charge is 0.433 e. The van der Waals surface area contributed by atoms with Crippen LogP contribution in [-0.2, 0) is 11.6 Å². The molecule has 29 heavy (non-hydrogen) atoms. The molecule has 1 fully saturated rings. The topological polar surface area (TPSA) is 51.8 Å². The maximum Gasteiger partial charge on any atom is 0.433 e. The van der Waals surface area contributed by atoms with Gasteiger partial charge in [0.25, 0.3) is 0 Å². The van der Waals surface area contributed by atoms with Gasteiger partial charge in [0.15, 0.2) is 5.58 Å². The Hall–Kier alpha value is -2.30. The molecule has 0 bridgehead atoms. The van der Waals surface area contributed by atoms with E-state index >= 15 is 0 Å². The molecule has 0 saturated heterocycles. The molecular formula is C18H13F6N3OS. The summed E-state index contributed by atoms with van der Waals surface area (Å²) in [6.45, 7) is 1.85. The Kier molecular flexibility index (Phi) is 4.56. The van der Waals surface area contributed by atoms with E-state index in [1.165, 1.54) is 23.9 Å². The van der Waals surface area contributed by atoms with Crippen molar-refractivity contribution in [2.75, 3.05) is 5.75 Å². The van der Waals surface area contributed by atoms with Gasteiger partial charge in [-0.05, 0) is 36.8 Å². The van der Waals surface area contributed by atoms with Gasteiger partial charge in [0.1, 0.15) is 22.3 Å². The maximum absolute atomic E-state index is 13.5. The van der Waals surface area contributed by atoms with Crippen molar-refractivity contribution in [3.8, 4) is 11.6 Å². The van der Waals surface area contributed by atoms with E-state index in [1.807, 2.05) is 6.92 Å². The van der Waals surface area contributed by atoms with Crippen molar-refractivity contribution >= 4 is 22.9 Å². The Bertz CT molecular complexity index is 1070. The van der Waals surface area contributed by atoms with Gasteiger partial charge < -0.3 is 4.42 Å². The number of rotatable bonds is 4. The fourth-order valence-electron chi connectivity index (χ4n) is 3.04. The summed E-state index contributed by atoms with van der Waals surface area (Å²) >= 11 is 1.32. The lowest BCUT2D eigenvalue weighted by Gasteiger charge is -2.19. The Balaban J connectivity index is 1.83. The fraction of sp³-hybridized carbons (Fsp3) is 0.389. The minimum atomic E-state index is -4.65. The number of nitrogens with zero attached hydrogens (tertiary/aromatic N) is 3. The number of oxazole rings is 1. The molecule has 11 heteroatoms. The van der Waals surface area contributed by atoms with Crippen LogP contribution in [0.25, 0.3) is 22.7 Å². The van der Waals surface area contributed by atoms with E-state index in [-0.39, 0.29) is 41.2 Å². The number of halogens is 6. The standard InChI is InChI=1S/C18H13F6N3OS/c1-2-29-11-3-4-12(16(5-6-16)18(22,23)24)27-14(11)15-26-9-7-13(17(19,20)21)25-8-10(9)28-15/h3-4,7-8H,2,5-6H2,1H3. The molecule has 0 aromatic carbocycles. The number of hydrogen-bond acceptors (Lipinski definition) is 5. The Labute approximate surface area is 164 Å². The van der Waals surface area contributed by atoms with Gasteiger partial charge in [-0.1, -0.05) is 6.92 Å². The molecule has 0 unspecified atom stereocenters. The first-order chi connectivity index (χ1) is 13.5. The predicted octanol–water partition coefficient (Wildman–Crippen LogP) is 6.01. The maximum atomic E-state index is 13.5. The fourth-order valence-corrected chi connectivity index (χ4v) is 3.78. The molecule has 1 aliphatic rings. The summed E-state index contributed by atoms with van der Waals surface area (Å²) < 4.78 is 84.6. The van der Waals surface area contributed by atoms with Crippen LogP contribution in [0.4, 0.5) is 26.3 Å². The van der Waals surface area contributed by atoms with Crippen molar-refractivity contribution in [2.45, 2.75) is 42.4 Å². The van der Waals surface area contributed by atoms with Crippen molar-refractivity contribution in [3.05, 3.63) is 35.8 Å². The number of pyridine rings is 2. The molecule has 0 radical (unpaired) electrons. The molecular weight excluding hydrogens is 420 g/mol. The van der Waals surface area contributed by atoms with E-state index in [9.17, 15) is 26.3 Å². The van der Waals surface area contributed by atoms with Crippen LogP contribution in [0, 0.1) is 0 Å². The predicted molar refractivity (Wildman–Crippen MR) is 93.4 cm³/mol. The second-order valence-corrected chi connectivity index (χ2v) is 7.92. The molecule has 154 valence electrons. The first-order valence-electron chi connectivity index (χ1n) is 8.60. The summed E-state index contributed by atoms with van der Waals surface area (Å²) in [7, 11) is 0. The number of hydrogen-bond donors (Lipinski definition) is 0. The van der Waals surface area contributed by atoms with Crippen molar-refractivity contribution in [2.24, 2.45) is 0 Å². The molecule has 4 nitrogen and oxygen atoms in total. The van der Waals surface area contributed by atoms with E-state index in [4.69, 9.17) is 4.42 Å². The molecule has 1 aliphatic carbocycles. The highest BCUT2D eigenvalue weighted by atomic mass is 32.2. The van der Waals surface area contributed by atoms with Crippen molar-refractivity contribution in [3.63, 3.8) is 0 Å². The highest BCUT2D eigenvalue weighted by molar-refractivity contribution is 7.99. The average Bonchev–Trinajstić information content (AvgIpc) is 3.35. The van der Waals surface area contributed by atoms with Gasteiger partial charge in [-0.2, -0.15) is 26.3 Å². The van der Waals surface area contributed by atoms with Crippen LogP contribution in [0.3, 0.4) is 0 Å². The SMILES string of the molecule is CCSc1ccc(C2(C(F)(F)F)CC2)nc1-c1nc2cc(C(F)(F)F)ncc2o1. The number of alkyl halides is 6. The second-order valence-electron chi connectivity index (χ2n) is 6.61. The van der Waals surface area contributed by atoms with E-state index in [2.05, 4.69) is 15.0 Å². The molecule has 0 spiro atoms. The summed E-state index contributed by atoms with van der Waals surface area (Å²) in [4.78, 5) is 12.1.